The van der Waals surface area contributed by atoms with E-state index < -0.39 is 0 Å². The number of anilines is 1. The molecule has 0 radical (unpaired) electrons. The van der Waals surface area contributed by atoms with Crippen molar-refractivity contribution in [2.75, 3.05) is 38.1 Å². The van der Waals surface area contributed by atoms with E-state index in [1.54, 1.807) is 0 Å². The van der Waals surface area contributed by atoms with Crippen LogP contribution in [0.15, 0.2) is 24.3 Å². The van der Waals surface area contributed by atoms with Gasteiger partial charge in [0, 0.05) is 50.4 Å². The van der Waals surface area contributed by atoms with Gasteiger partial charge in [-0.25, -0.2) is 0 Å². The fourth-order valence-electron chi connectivity index (χ4n) is 5.46. The predicted molar refractivity (Wildman–Crippen MR) is 120 cm³/mol. The van der Waals surface area contributed by atoms with Gasteiger partial charge >= 0.3 is 0 Å². The number of carbonyl (C=O) groups excluding carboxylic acids is 2. The lowest BCUT2D eigenvalue weighted by Crippen LogP contribution is -2.51. The minimum atomic E-state index is -0.0830. The van der Waals surface area contributed by atoms with Crippen molar-refractivity contribution in [3.63, 3.8) is 0 Å². The van der Waals surface area contributed by atoms with Crippen LogP contribution >= 0.6 is 0 Å². The van der Waals surface area contributed by atoms with Crippen molar-refractivity contribution in [1.82, 2.24) is 15.1 Å². The van der Waals surface area contributed by atoms with Crippen molar-refractivity contribution in [2.24, 2.45) is 5.41 Å². The molecule has 0 aliphatic carbocycles. The van der Waals surface area contributed by atoms with E-state index in [0.717, 1.165) is 44.6 Å². The number of benzene rings is 1. The van der Waals surface area contributed by atoms with E-state index in [0.29, 0.717) is 13.0 Å². The van der Waals surface area contributed by atoms with Crippen molar-refractivity contribution in [2.45, 2.75) is 64.6 Å². The van der Waals surface area contributed by atoms with Gasteiger partial charge in [-0.05, 0) is 43.4 Å². The summed E-state index contributed by atoms with van der Waals surface area (Å²) in [5, 5.41) is 3.17. The Bertz CT molecular complexity index is 803. The highest BCUT2D eigenvalue weighted by Gasteiger charge is 2.45. The van der Waals surface area contributed by atoms with Crippen LogP contribution in [0.2, 0.25) is 0 Å². The molecular formula is C24H36N4O2. The van der Waals surface area contributed by atoms with Crippen molar-refractivity contribution < 1.29 is 9.59 Å². The van der Waals surface area contributed by atoms with Crippen LogP contribution in [0.1, 0.15) is 45.6 Å². The van der Waals surface area contributed by atoms with Gasteiger partial charge in [-0.15, -0.1) is 0 Å². The predicted octanol–water partition coefficient (Wildman–Crippen LogP) is 2.28. The van der Waals surface area contributed by atoms with Gasteiger partial charge in [0.15, 0.2) is 0 Å². The lowest BCUT2D eigenvalue weighted by atomic mass is 9.95. The molecule has 3 aliphatic rings. The molecule has 1 aromatic rings. The number of para-hydroxylation sites is 1. The number of hydrogen-bond donors (Lipinski definition) is 1. The second-order valence-corrected chi connectivity index (χ2v) is 10.4. The van der Waals surface area contributed by atoms with Crippen LogP contribution in [0.4, 0.5) is 5.69 Å². The quantitative estimate of drug-likeness (QED) is 0.824. The topological polar surface area (TPSA) is 55.9 Å². The molecule has 1 N–H and O–H groups in total. The van der Waals surface area contributed by atoms with Crippen molar-refractivity contribution in [1.29, 1.82) is 0 Å². The van der Waals surface area contributed by atoms with Crippen LogP contribution in [-0.2, 0) is 16.0 Å². The van der Waals surface area contributed by atoms with E-state index in [2.05, 4.69) is 49.0 Å². The number of carbonyl (C=O) groups is 2. The Morgan fingerprint density at radius 1 is 1.20 bits per heavy atom. The molecule has 6 heteroatoms. The number of hydrogen-bond acceptors (Lipinski definition) is 4. The van der Waals surface area contributed by atoms with Crippen LogP contribution in [-0.4, -0.2) is 73.0 Å². The number of rotatable bonds is 4. The summed E-state index contributed by atoms with van der Waals surface area (Å²) in [4.78, 5) is 32.5. The van der Waals surface area contributed by atoms with Crippen molar-refractivity contribution in [3.05, 3.63) is 29.8 Å². The van der Waals surface area contributed by atoms with Gasteiger partial charge in [0.1, 0.15) is 6.04 Å². The zero-order chi connectivity index (χ0) is 21.5. The average molecular weight is 413 g/mol. The summed E-state index contributed by atoms with van der Waals surface area (Å²) in [5.74, 6) is 0.345. The van der Waals surface area contributed by atoms with E-state index >= 15 is 0 Å². The zero-order valence-corrected chi connectivity index (χ0v) is 18.9. The first kappa shape index (κ1) is 21.3. The molecule has 164 valence electrons. The monoisotopic (exact) mass is 412 g/mol. The van der Waals surface area contributed by atoms with Crippen LogP contribution in [0.25, 0.3) is 0 Å². The summed E-state index contributed by atoms with van der Waals surface area (Å²) in [6, 6.07) is 8.54. The molecule has 6 nitrogen and oxygen atoms in total. The van der Waals surface area contributed by atoms with Crippen LogP contribution < -0.4 is 10.2 Å². The molecule has 2 saturated heterocycles. The van der Waals surface area contributed by atoms with Gasteiger partial charge in [0.2, 0.25) is 11.8 Å². The molecular weight excluding hydrogens is 376 g/mol. The maximum atomic E-state index is 13.0. The second kappa shape index (κ2) is 8.31. The summed E-state index contributed by atoms with van der Waals surface area (Å²) in [5.41, 5.74) is 2.49. The Balaban J connectivity index is 1.39. The van der Waals surface area contributed by atoms with Gasteiger partial charge in [0.25, 0.3) is 0 Å². The summed E-state index contributed by atoms with van der Waals surface area (Å²) in [6.45, 7) is 9.96. The molecule has 3 heterocycles. The number of likely N-dealkylation sites (tertiary alicyclic amines) is 1. The lowest BCUT2D eigenvalue weighted by molar-refractivity contribution is -0.126. The molecule has 2 fully saturated rings. The number of nitrogens with zero attached hydrogens (tertiary/aromatic N) is 3. The third-order valence-electron chi connectivity index (χ3n) is 6.91. The SMILES string of the molecule is CN1C(CCC(=O)N2CCc3ccccc32)CNC(=O)C2C1CCN2CC(C)(C)C. The van der Waals surface area contributed by atoms with E-state index in [4.69, 9.17) is 0 Å². The number of likely N-dealkylation sites (N-methyl/N-ethyl adjacent to an activating group) is 1. The van der Waals surface area contributed by atoms with E-state index in [9.17, 15) is 9.59 Å². The number of fused-ring (bicyclic) bond motifs is 2. The van der Waals surface area contributed by atoms with Crippen molar-refractivity contribution in [3.8, 4) is 0 Å². The first-order valence-corrected chi connectivity index (χ1v) is 11.4. The van der Waals surface area contributed by atoms with E-state index in [1.807, 2.05) is 23.1 Å². The minimum Gasteiger partial charge on any atom is -0.353 e. The molecule has 3 atom stereocenters. The first-order chi connectivity index (χ1) is 14.2. The normalized spacial score (nSPS) is 27.5. The maximum absolute atomic E-state index is 13.0. The largest absolute Gasteiger partial charge is 0.353 e. The highest BCUT2D eigenvalue weighted by atomic mass is 16.2. The Hall–Kier alpha value is -1.92. The third kappa shape index (κ3) is 4.26. The molecule has 0 bridgehead atoms. The molecule has 0 aromatic heterocycles. The maximum Gasteiger partial charge on any atom is 0.239 e. The average Bonchev–Trinajstić information content (AvgIpc) is 3.27. The van der Waals surface area contributed by atoms with Gasteiger partial charge in [-0.1, -0.05) is 39.0 Å². The zero-order valence-electron chi connectivity index (χ0n) is 18.9. The van der Waals surface area contributed by atoms with Gasteiger partial charge in [-0.2, -0.15) is 0 Å². The van der Waals surface area contributed by atoms with Crippen LogP contribution in [0, 0.1) is 5.41 Å². The molecule has 0 spiro atoms. The Morgan fingerprint density at radius 2 is 1.97 bits per heavy atom. The Morgan fingerprint density at radius 3 is 2.73 bits per heavy atom. The van der Waals surface area contributed by atoms with Gasteiger partial charge in [0.05, 0.1) is 0 Å². The van der Waals surface area contributed by atoms with E-state index in [1.165, 1.54) is 5.56 Å². The molecule has 1 aromatic carbocycles. The molecule has 3 aliphatic heterocycles. The summed E-state index contributed by atoms with van der Waals surface area (Å²) >= 11 is 0. The van der Waals surface area contributed by atoms with Gasteiger partial charge in [-0.3, -0.25) is 19.4 Å². The van der Waals surface area contributed by atoms with Crippen LogP contribution in [0.3, 0.4) is 0 Å². The second-order valence-electron chi connectivity index (χ2n) is 10.4. The highest BCUT2D eigenvalue weighted by molar-refractivity contribution is 5.95. The fourth-order valence-corrected chi connectivity index (χ4v) is 5.46. The molecule has 30 heavy (non-hydrogen) atoms. The molecule has 0 saturated carbocycles. The molecule has 4 rings (SSSR count). The first-order valence-electron chi connectivity index (χ1n) is 11.4. The van der Waals surface area contributed by atoms with Crippen molar-refractivity contribution >= 4 is 17.5 Å². The Kier molecular flexibility index (Phi) is 5.90. The standard InChI is InChI=1S/C24H36N4O2/c1-24(2,3)16-27-13-12-20-22(27)23(30)25-15-18(26(20)4)9-10-21(29)28-14-11-17-7-5-6-8-19(17)28/h5-8,18,20,22H,9-16H2,1-4H3,(H,25,30). The van der Waals surface area contributed by atoms with Gasteiger partial charge < -0.3 is 10.2 Å². The number of amides is 2. The third-order valence-corrected chi connectivity index (χ3v) is 6.91. The van der Waals surface area contributed by atoms with Crippen LogP contribution in [0.5, 0.6) is 0 Å². The smallest absolute Gasteiger partial charge is 0.239 e. The fraction of sp³-hybridized carbons (Fsp3) is 0.667. The molecule has 3 unspecified atom stereocenters. The summed E-state index contributed by atoms with van der Waals surface area (Å²) < 4.78 is 0. The van der Waals surface area contributed by atoms with E-state index in [-0.39, 0.29) is 35.4 Å². The number of nitrogens with one attached hydrogen (secondary N) is 1. The summed E-state index contributed by atoms with van der Waals surface area (Å²) in [7, 11) is 2.14. The summed E-state index contributed by atoms with van der Waals surface area (Å²) in [6.07, 6.45) is 3.24. The minimum absolute atomic E-state index is 0.0830. The molecule has 2 amide bonds. The highest BCUT2D eigenvalue weighted by Crippen LogP contribution is 2.31. The Labute approximate surface area is 180 Å². The lowest BCUT2D eigenvalue weighted by Gasteiger charge is -2.35.